The topological polar surface area (TPSA) is 91.8 Å². The van der Waals surface area contributed by atoms with Crippen molar-refractivity contribution in [3.63, 3.8) is 0 Å². The van der Waals surface area contributed by atoms with Crippen LogP contribution in [-0.2, 0) is 16.1 Å². The number of hydrogen-bond acceptors (Lipinski definition) is 5. The molecule has 2 aromatic carbocycles. The average Bonchev–Trinajstić information content (AvgIpc) is 3.30. The summed E-state index contributed by atoms with van der Waals surface area (Å²) in [5.41, 5.74) is 0.803. The lowest BCUT2D eigenvalue weighted by Crippen LogP contribution is -2.59. The zero-order valence-electron chi connectivity index (χ0n) is 21.4. The average molecular weight is 535 g/mol. The molecule has 1 N–H and O–H groups in total. The largest absolute Gasteiger partial charge is 0.353 e. The molecule has 10 heteroatoms. The summed E-state index contributed by atoms with van der Waals surface area (Å²) < 4.78 is 33.8. The Labute approximate surface area is 224 Å². The molecule has 2 aliphatic heterocycles. The summed E-state index contributed by atoms with van der Waals surface area (Å²) in [6.45, 7) is 2.45. The van der Waals surface area contributed by atoms with Crippen LogP contribution in [0.2, 0.25) is 0 Å². The van der Waals surface area contributed by atoms with E-state index < -0.39 is 29.3 Å². The van der Waals surface area contributed by atoms with Gasteiger partial charge in [0.25, 0.3) is 11.8 Å². The lowest BCUT2D eigenvalue weighted by atomic mass is 9.95. The Morgan fingerprint density at radius 2 is 1.85 bits per heavy atom. The second kappa shape index (κ2) is 10.9. The van der Waals surface area contributed by atoms with E-state index in [0.29, 0.717) is 11.6 Å². The highest BCUT2D eigenvalue weighted by molar-refractivity contribution is 5.99. The number of pyridine rings is 1. The van der Waals surface area contributed by atoms with E-state index in [1.54, 1.807) is 36.7 Å². The van der Waals surface area contributed by atoms with Crippen LogP contribution in [0.3, 0.4) is 0 Å². The zero-order chi connectivity index (χ0) is 27.6. The minimum atomic E-state index is -1.12. The first-order valence-electron chi connectivity index (χ1n) is 12.7. The van der Waals surface area contributed by atoms with Crippen LogP contribution >= 0.6 is 0 Å². The number of aromatic nitrogens is 1. The van der Waals surface area contributed by atoms with Crippen LogP contribution in [-0.4, -0.2) is 64.0 Å². The molecule has 1 aromatic heterocycles. The number of hydrogen-bond donors (Lipinski definition) is 1. The van der Waals surface area contributed by atoms with Crippen LogP contribution in [0.15, 0.2) is 67.0 Å². The van der Waals surface area contributed by atoms with Crippen LogP contribution in [0, 0.1) is 18.6 Å². The lowest BCUT2D eigenvalue weighted by Gasteiger charge is -2.44. The second-order valence-electron chi connectivity index (χ2n) is 9.81. The smallest absolute Gasteiger partial charge is 0.256 e. The summed E-state index contributed by atoms with van der Waals surface area (Å²) in [4.78, 5) is 47.2. The number of ether oxygens (including phenoxy) is 1. The Bertz CT molecular complexity index is 1390. The van der Waals surface area contributed by atoms with E-state index in [1.165, 1.54) is 9.80 Å². The van der Waals surface area contributed by atoms with Gasteiger partial charge in [0.1, 0.15) is 23.4 Å². The standard InChI is InChI=1S/C29H28F2N4O4/c1-19-4-2-6-21(14-19)27(37)35-25(26(36)33-17-20-5-3-11-32-16-20)18-39-29(35)9-12-34(13-10-29)28(38)23-8-7-22(30)15-24(23)31/h2-8,11,14-16,25H,9-10,12-13,17-18H2,1H3,(H,33,36)/t25-/m1/s1. The molecule has 202 valence electrons. The van der Waals surface area contributed by atoms with Gasteiger partial charge in [-0.1, -0.05) is 23.8 Å². The van der Waals surface area contributed by atoms with Gasteiger partial charge in [-0.3, -0.25) is 24.3 Å². The number of benzene rings is 2. The van der Waals surface area contributed by atoms with E-state index >= 15 is 0 Å². The molecule has 2 fully saturated rings. The van der Waals surface area contributed by atoms with Crippen molar-refractivity contribution < 1.29 is 27.9 Å². The number of carbonyl (C=O) groups excluding carboxylic acids is 3. The quantitative estimate of drug-likeness (QED) is 0.542. The molecular weight excluding hydrogens is 506 g/mol. The number of halogens is 2. The molecule has 5 rings (SSSR count). The van der Waals surface area contributed by atoms with Crippen LogP contribution < -0.4 is 5.32 Å². The van der Waals surface area contributed by atoms with Gasteiger partial charge in [-0.2, -0.15) is 0 Å². The molecule has 2 saturated heterocycles. The number of amides is 3. The van der Waals surface area contributed by atoms with Gasteiger partial charge >= 0.3 is 0 Å². The minimum absolute atomic E-state index is 0.00301. The first-order chi connectivity index (χ1) is 18.8. The van der Waals surface area contributed by atoms with Crippen LogP contribution in [0.25, 0.3) is 0 Å². The van der Waals surface area contributed by atoms with Crippen molar-refractivity contribution in [3.8, 4) is 0 Å². The van der Waals surface area contributed by atoms with Gasteiger partial charge in [0.2, 0.25) is 5.91 Å². The van der Waals surface area contributed by atoms with E-state index in [2.05, 4.69) is 10.3 Å². The fourth-order valence-corrected chi connectivity index (χ4v) is 5.19. The third-order valence-electron chi connectivity index (χ3n) is 7.23. The Hall–Kier alpha value is -4.18. The molecule has 3 aromatic rings. The summed E-state index contributed by atoms with van der Waals surface area (Å²) in [5.74, 6) is -2.97. The fourth-order valence-electron chi connectivity index (χ4n) is 5.19. The van der Waals surface area contributed by atoms with Gasteiger partial charge < -0.3 is 15.0 Å². The van der Waals surface area contributed by atoms with Crippen LogP contribution in [0.1, 0.15) is 44.7 Å². The maximum atomic E-state index is 14.3. The molecule has 3 heterocycles. The molecule has 8 nitrogen and oxygen atoms in total. The van der Waals surface area contributed by atoms with Crippen molar-refractivity contribution in [2.45, 2.75) is 38.1 Å². The molecule has 0 aliphatic carbocycles. The maximum absolute atomic E-state index is 14.3. The third-order valence-corrected chi connectivity index (χ3v) is 7.23. The van der Waals surface area contributed by atoms with E-state index in [9.17, 15) is 23.2 Å². The lowest BCUT2D eigenvalue weighted by molar-refractivity contribution is -0.128. The third kappa shape index (κ3) is 5.37. The van der Waals surface area contributed by atoms with Crippen molar-refractivity contribution in [1.82, 2.24) is 20.1 Å². The summed E-state index contributed by atoms with van der Waals surface area (Å²) in [6, 6.07) is 12.7. The van der Waals surface area contributed by atoms with E-state index in [0.717, 1.165) is 23.3 Å². The Balaban J connectivity index is 1.37. The number of nitrogens with zero attached hydrogens (tertiary/aromatic N) is 3. The fraction of sp³-hybridized carbons (Fsp3) is 0.310. The highest BCUT2D eigenvalue weighted by Crippen LogP contribution is 2.39. The number of rotatable bonds is 5. The van der Waals surface area contributed by atoms with Crippen LogP contribution in [0.4, 0.5) is 8.78 Å². The minimum Gasteiger partial charge on any atom is -0.353 e. The molecule has 1 atom stereocenters. The monoisotopic (exact) mass is 534 g/mol. The number of aryl methyl sites for hydroxylation is 1. The van der Waals surface area contributed by atoms with Crippen molar-refractivity contribution in [2.75, 3.05) is 19.7 Å². The van der Waals surface area contributed by atoms with Crippen LogP contribution in [0.5, 0.6) is 0 Å². The zero-order valence-corrected chi connectivity index (χ0v) is 21.4. The molecule has 0 saturated carbocycles. The molecule has 0 radical (unpaired) electrons. The summed E-state index contributed by atoms with van der Waals surface area (Å²) in [5, 5.41) is 2.88. The van der Waals surface area contributed by atoms with Crippen molar-refractivity contribution in [3.05, 3.63) is 101 Å². The van der Waals surface area contributed by atoms with Gasteiger partial charge in [0, 0.05) is 56.5 Å². The van der Waals surface area contributed by atoms with Gasteiger partial charge in [-0.15, -0.1) is 0 Å². The SMILES string of the molecule is Cc1cccc(C(=O)N2[C@@H](C(=O)NCc3cccnc3)COC23CCN(C(=O)c2ccc(F)cc2F)CC3)c1. The molecule has 2 aliphatic rings. The molecule has 1 spiro atoms. The van der Waals surface area contributed by atoms with Gasteiger partial charge in [0.15, 0.2) is 0 Å². The van der Waals surface area contributed by atoms with Crippen molar-refractivity contribution in [1.29, 1.82) is 0 Å². The molecule has 39 heavy (non-hydrogen) atoms. The highest BCUT2D eigenvalue weighted by Gasteiger charge is 2.54. The summed E-state index contributed by atoms with van der Waals surface area (Å²) >= 11 is 0. The summed E-state index contributed by atoms with van der Waals surface area (Å²) in [6.07, 6.45) is 3.75. The van der Waals surface area contributed by atoms with E-state index in [1.807, 2.05) is 19.1 Å². The molecule has 0 bridgehead atoms. The summed E-state index contributed by atoms with van der Waals surface area (Å²) in [7, 11) is 0. The molecule has 3 amide bonds. The first kappa shape index (κ1) is 26.4. The normalized spacial score (nSPS) is 18.3. The van der Waals surface area contributed by atoms with E-state index in [4.69, 9.17) is 4.74 Å². The maximum Gasteiger partial charge on any atom is 0.256 e. The first-order valence-corrected chi connectivity index (χ1v) is 12.7. The number of likely N-dealkylation sites (tertiary alicyclic amines) is 1. The van der Waals surface area contributed by atoms with Gasteiger partial charge in [0.05, 0.1) is 12.2 Å². The van der Waals surface area contributed by atoms with Gasteiger partial charge in [-0.05, 0) is 42.8 Å². The van der Waals surface area contributed by atoms with Crippen molar-refractivity contribution in [2.24, 2.45) is 0 Å². The predicted octanol–water partition coefficient (Wildman–Crippen LogP) is 3.46. The number of nitrogens with one attached hydrogen (secondary N) is 1. The van der Waals surface area contributed by atoms with Gasteiger partial charge in [-0.25, -0.2) is 8.78 Å². The second-order valence-corrected chi connectivity index (χ2v) is 9.81. The Morgan fingerprint density at radius 3 is 2.54 bits per heavy atom. The highest BCUT2D eigenvalue weighted by atomic mass is 19.1. The molecule has 0 unspecified atom stereocenters. The number of carbonyl (C=O) groups is 3. The predicted molar refractivity (Wildman–Crippen MR) is 137 cm³/mol. The van der Waals surface area contributed by atoms with E-state index in [-0.39, 0.29) is 56.5 Å². The number of piperidine rings is 1. The molecular formula is C29H28F2N4O4. The Morgan fingerprint density at radius 1 is 1.05 bits per heavy atom. The van der Waals surface area contributed by atoms with Crippen molar-refractivity contribution >= 4 is 17.7 Å². The Kier molecular flexibility index (Phi) is 7.38.